The van der Waals surface area contributed by atoms with Crippen molar-refractivity contribution in [3.63, 3.8) is 0 Å². The Kier molecular flexibility index (Phi) is 2.40. The predicted molar refractivity (Wildman–Crippen MR) is 50.9 cm³/mol. The van der Waals surface area contributed by atoms with Crippen molar-refractivity contribution in [1.82, 2.24) is 0 Å². The number of aryl methyl sites for hydroxylation is 1. The molecule has 0 radical (unpaired) electrons. The maximum Gasteiger partial charge on any atom is 0.349 e. The number of aliphatic hydroxyl groups is 1. The number of fused-ring (bicyclic) bond motifs is 1. The maximum atomic E-state index is 11.0. The van der Waals surface area contributed by atoms with Gasteiger partial charge in [0.1, 0.15) is 0 Å². The normalized spacial score (nSPS) is 26.9. The molecule has 1 N–H and O–H groups in total. The minimum atomic E-state index is -2.83. The van der Waals surface area contributed by atoms with Crippen LogP contribution in [0.15, 0.2) is 24.3 Å². The summed E-state index contributed by atoms with van der Waals surface area (Å²) in [7, 11) is -2.83. The third kappa shape index (κ3) is 1.38. The van der Waals surface area contributed by atoms with E-state index in [0.29, 0.717) is 12.0 Å². The highest BCUT2D eigenvalue weighted by molar-refractivity contribution is 7.37. The standard InChI is InChI=1S/C10H11O3P/c11-10(14(12)13)7-3-5-8-4-1-2-6-9(8)10/h1-2,4,6,11H,3,5,7H2. The molecule has 0 aromatic heterocycles. The van der Waals surface area contributed by atoms with Gasteiger partial charge in [0.2, 0.25) is 0 Å². The van der Waals surface area contributed by atoms with Gasteiger partial charge in [-0.25, -0.2) is 0 Å². The Morgan fingerprint density at radius 1 is 1.43 bits per heavy atom. The van der Waals surface area contributed by atoms with Gasteiger partial charge >= 0.3 is 8.03 Å². The zero-order chi connectivity index (χ0) is 10.2. The van der Waals surface area contributed by atoms with Crippen LogP contribution in [0.4, 0.5) is 0 Å². The SMILES string of the molecule is O=[P+]([O-])C1(O)CCCc2ccccc21. The van der Waals surface area contributed by atoms with E-state index in [9.17, 15) is 14.6 Å². The molecule has 3 nitrogen and oxygen atoms in total. The molecule has 1 aromatic rings. The Bertz CT molecular complexity index is 377. The number of hydrogen-bond acceptors (Lipinski definition) is 3. The maximum absolute atomic E-state index is 11.0. The van der Waals surface area contributed by atoms with Crippen molar-refractivity contribution in [2.45, 2.75) is 24.6 Å². The van der Waals surface area contributed by atoms with Crippen molar-refractivity contribution in [3.05, 3.63) is 35.4 Å². The highest BCUT2D eigenvalue weighted by Crippen LogP contribution is 2.47. The van der Waals surface area contributed by atoms with Gasteiger partial charge in [-0.2, -0.15) is 0 Å². The number of hydrogen-bond donors (Lipinski definition) is 1. The van der Waals surface area contributed by atoms with Gasteiger partial charge in [0, 0.05) is 12.0 Å². The molecule has 0 bridgehead atoms. The molecule has 1 aliphatic rings. The van der Waals surface area contributed by atoms with Crippen LogP contribution >= 0.6 is 8.03 Å². The van der Waals surface area contributed by atoms with Crippen LogP contribution in [0.25, 0.3) is 0 Å². The van der Waals surface area contributed by atoms with Crippen LogP contribution < -0.4 is 4.89 Å². The molecule has 0 heterocycles. The highest BCUT2D eigenvalue weighted by atomic mass is 31.1. The zero-order valence-electron chi connectivity index (χ0n) is 7.64. The minimum Gasteiger partial charge on any atom is -0.593 e. The molecule has 14 heavy (non-hydrogen) atoms. The summed E-state index contributed by atoms with van der Waals surface area (Å²) < 4.78 is 11.0. The quantitative estimate of drug-likeness (QED) is 0.710. The second-order valence-electron chi connectivity index (χ2n) is 3.58. The topological polar surface area (TPSA) is 60.4 Å². The van der Waals surface area contributed by atoms with E-state index in [1.54, 1.807) is 12.1 Å². The first-order valence-corrected chi connectivity index (χ1v) is 5.77. The fourth-order valence-corrected chi connectivity index (χ4v) is 2.73. The van der Waals surface area contributed by atoms with Gasteiger partial charge in [0.25, 0.3) is 5.34 Å². The first-order chi connectivity index (χ1) is 6.64. The van der Waals surface area contributed by atoms with Crippen LogP contribution in [0.2, 0.25) is 0 Å². The smallest absolute Gasteiger partial charge is 0.349 e. The van der Waals surface area contributed by atoms with Gasteiger partial charge in [-0.15, -0.1) is 0 Å². The summed E-state index contributed by atoms with van der Waals surface area (Å²) in [6.07, 6.45) is 1.88. The minimum absolute atomic E-state index is 0.308. The zero-order valence-corrected chi connectivity index (χ0v) is 8.54. The van der Waals surface area contributed by atoms with Crippen LogP contribution in [-0.2, 0) is 16.3 Å². The van der Waals surface area contributed by atoms with E-state index >= 15 is 0 Å². The average molecular weight is 210 g/mol. The van der Waals surface area contributed by atoms with Crippen molar-refractivity contribution in [1.29, 1.82) is 0 Å². The molecule has 0 amide bonds. The van der Waals surface area contributed by atoms with Gasteiger partial charge in [-0.3, -0.25) is 0 Å². The second-order valence-corrected chi connectivity index (χ2v) is 4.84. The van der Waals surface area contributed by atoms with E-state index in [0.717, 1.165) is 18.4 Å². The summed E-state index contributed by atoms with van der Waals surface area (Å²) in [5.41, 5.74) is 1.50. The summed E-state index contributed by atoms with van der Waals surface area (Å²) in [6.45, 7) is 0. The summed E-state index contributed by atoms with van der Waals surface area (Å²) in [4.78, 5) is 11.0. The molecule has 2 rings (SSSR count). The van der Waals surface area contributed by atoms with Crippen molar-refractivity contribution >= 4 is 8.03 Å². The second kappa shape index (κ2) is 3.43. The van der Waals surface area contributed by atoms with Gasteiger partial charge in [0.15, 0.2) is 0 Å². The fourth-order valence-electron chi connectivity index (χ4n) is 1.98. The first kappa shape index (κ1) is 9.78. The fraction of sp³-hybridized carbons (Fsp3) is 0.400. The van der Waals surface area contributed by atoms with Crippen molar-refractivity contribution in [2.75, 3.05) is 0 Å². The van der Waals surface area contributed by atoms with Crippen LogP contribution in [0.5, 0.6) is 0 Å². The molecule has 0 spiro atoms. The lowest BCUT2D eigenvalue weighted by Gasteiger charge is -2.26. The Balaban J connectivity index is 2.55. The molecule has 0 fully saturated rings. The summed E-state index contributed by atoms with van der Waals surface area (Å²) in [6, 6.07) is 7.19. The predicted octanol–water partition coefficient (Wildman–Crippen LogP) is 1.27. The lowest BCUT2D eigenvalue weighted by Crippen LogP contribution is -2.29. The number of rotatable bonds is 1. The Morgan fingerprint density at radius 2 is 2.14 bits per heavy atom. The van der Waals surface area contributed by atoms with E-state index < -0.39 is 13.4 Å². The molecule has 2 unspecified atom stereocenters. The van der Waals surface area contributed by atoms with Gasteiger partial charge in [-0.1, -0.05) is 28.8 Å². The summed E-state index contributed by atoms with van der Waals surface area (Å²) in [5.74, 6) is 0. The van der Waals surface area contributed by atoms with E-state index in [1.807, 2.05) is 12.1 Å². The van der Waals surface area contributed by atoms with Crippen LogP contribution in [0.1, 0.15) is 24.0 Å². The molecular formula is C10H11O3P. The lowest BCUT2D eigenvalue weighted by molar-refractivity contribution is -0.181. The van der Waals surface area contributed by atoms with Gasteiger partial charge in [0.05, 0.1) is 0 Å². The van der Waals surface area contributed by atoms with Crippen LogP contribution in [0, 0.1) is 0 Å². The molecule has 0 saturated heterocycles. The average Bonchev–Trinajstić information content (AvgIpc) is 2.18. The van der Waals surface area contributed by atoms with Crippen LogP contribution in [-0.4, -0.2) is 5.11 Å². The van der Waals surface area contributed by atoms with Gasteiger partial charge < -0.3 is 10.00 Å². The van der Waals surface area contributed by atoms with Crippen LogP contribution in [0.3, 0.4) is 0 Å². The van der Waals surface area contributed by atoms with E-state index in [4.69, 9.17) is 0 Å². The monoisotopic (exact) mass is 210 g/mol. The Morgan fingerprint density at radius 3 is 2.86 bits per heavy atom. The van der Waals surface area contributed by atoms with E-state index in [1.165, 1.54) is 0 Å². The molecule has 0 aliphatic heterocycles. The molecule has 1 aliphatic carbocycles. The largest absolute Gasteiger partial charge is 0.593 e. The van der Waals surface area contributed by atoms with Gasteiger partial charge in [-0.05, 0) is 18.4 Å². The van der Waals surface area contributed by atoms with E-state index in [2.05, 4.69) is 0 Å². The number of benzene rings is 1. The molecule has 4 heteroatoms. The summed E-state index contributed by atoms with van der Waals surface area (Å²) in [5, 5.41) is 8.37. The van der Waals surface area contributed by atoms with Crippen molar-refractivity contribution in [2.24, 2.45) is 0 Å². The molecule has 74 valence electrons. The Hall–Kier alpha value is -0.760. The van der Waals surface area contributed by atoms with Crippen molar-refractivity contribution in [3.8, 4) is 0 Å². The van der Waals surface area contributed by atoms with Crippen molar-refractivity contribution < 1.29 is 14.6 Å². The molecule has 2 atom stereocenters. The van der Waals surface area contributed by atoms with E-state index in [-0.39, 0.29) is 0 Å². The summed E-state index contributed by atoms with van der Waals surface area (Å²) >= 11 is 0. The molecule has 1 aromatic carbocycles. The Labute approximate surface area is 83.3 Å². The molecular weight excluding hydrogens is 199 g/mol. The lowest BCUT2D eigenvalue weighted by atomic mass is 9.89. The third-order valence-electron chi connectivity index (χ3n) is 2.72. The highest BCUT2D eigenvalue weighted by Gasteiger charge is 2.45. The third-order valence-corrected chi connectivity index (χ3v) is 3.79. The first-order valence-electron chi connectivity index (χ1n) is 4.60. The molecule has 0 saturated carbocycles.